The van der Waals surface area contributed by atoms with Crippen molar-refractivity contribution in [3.8, 4) is 5.75 Å². The SMILES string of the molecule is O[C@@H](CCN1CCC[C@@H]1CN1c2ccccc2COc2ccccc21)c1ccccc1. The van der Waals surface area contributed by atoms with Gasteiger partial charge in [-0.25, -0.2) is 0 Å². The predicted octanol–water partition coefficient (Wildman–Crippen LogP) is 5.31. The van der Waals surface area contributed by atoms with E-state index in [0.29, 0.717) is 12.6 Å². The van der Waals surface area contributed by atoms with Gasteiger partial charge >= 0.3 is 0 Å². The largest absolute Gasteiger partial charge is 0.487 e. The van der Waals surface area contributed by atoms with Gasteiger partial charge < -0.3 is 14.7 Å². The molecule has 3 aromatic rings. The molecule has 2 aliphatic rings. The van der Waals surface area contributed by atoms with Crippen molar-refractivity contribution >= 4 is 11.4 Å². The van der Waals surface area contributed by atoms with Gasteiger partial charge in [0.05, 0.1) is 11.8 Å². The molecule has 4 heteroatoms. The number of anilines is 2. The number of para-hydroxylation sites is 3. The van der Waals surface area contributed by atoms with E-state index >= 15 is 0 Å². The predicted molar refractivity (Wildman–Crippen MR) is 125 cm³/mol. The van der Waals surface area contributed by atoms with Gasteiger partial charge in [0.2, 0.25) is 0 Å². The molecule has 1 saturated heterocycles. The quantitative estimate of drug-likeness (QED) is 0.593. The van der Waals surface area contributed by atoms with Gasteiger partial charge in [-0.1, -0.05) is 60.7 Å². The van der Waals surface area contributed by atoms with Gasteiger partial charge in [-0.2, -0.15) is 0 Å². The highest BCUT2D eigenvalue weighted by molar-refractivity contribution is 5.72. The van der Waals surface area contributed by atoms with Gasteiger partial charge in [0.1, 0.15) is 12.4 Å². The molecule has 160 valence electrons. The molecule has 0 spiro atoms. The Balaban J connectivity index is 1.34. The third-order valence-corrected chi connectivity index (χ3v) is 6.59. The van der Waals surface area contributed by atoms with E-state index in [1.807, 2.05) is 36.4 Å². The molecule has 0 aromatic heterocycles. The fourth-order valence-corrected chi connectivity index (χ4v) is 4.92. The number of rotatable bonds is 6. The van der Waals surface area contributed by atoms with E-state index in [1.54, 1.807) is 0 Å². The van der Waals surface area contributed by atoms with E-state index in [1.165, 1.54) is 24.1 Å². The highest BCUT2D eigenvalue weighted by Gasteiger charge is 2.30. The Kier molecular flexibility index (Phi) is 5.92. The first-order valence-corrected chi connectivity index (χ1v) is 11.3. The minimum Gasteiger partial charge on any atom is -0.487 e. The van der Waals surface area contributed by atoms with E-state index in [4.69, 9.17) is 4.74 Å². The van der Waals surface area contributed by atoms with Crippen molar-refractivity contribution < 1.29 is 9.84 Å². The number of hydrogen-bond donors (Lipinski definition) is 1. The monoisotopic (exact) mass is 414 g/mol. The van der Waals surface area contributed by atoms with Crippen LogP contribution in [0.15, 0.2) is 78.9 Å². The molecule has 1 fully saturated rings. The summed E-state index contributed by atoms with van der Waals surface area (Å²) in [5.74, 6) is 0.947. The summed E-state index contributed by atoms with van der Waals surface area (Å²) in [6.45, 7) is 3.54. The highest BCUT2D eigenvalue weighted by atomic mass is 16.5. The Morgan fingerprint density at radius 3 is 2.52 bits per heavy atom. The van der Waals surface area contributed by atoms with Gasteiger partial charge in [-0.3, -0.25) is 4.90 Å². The zero-order valence-electron chi connectivity index (χ0n) is 17.9. The summed E-state index contributed by atoms with van der Waals surface area (Å²) in [5.41, 5.74) is 4.61. The Morgan fingerprint density at radius 2 is 1.65 bits per heavy atom. The lowest BCUT2D eigenvalue weighted by Gasteiger charge is -2.33. The molecule has 0 saturated carbocycles. The van der Waals surface area contributed by atoms with Crippen LogP contribution in [0, 0.1) is 0 Å². The van der Waals surface area contributed by atoms with Crippen molar-refractivity contribution in [2.75, 3.05) is 24.5 Å². The third kappa shape index (κ3) is 4.32. The molecule has 31 heavy (non-hydrogen) atoms. The van der Waals surface area contributed by atoms with Crippen LogP contribution in [0.1, 0.15) is 36.5 Å². The molecule has 2 heterocycles. The van der Waals surface area contributed by atoms with Gasteiger partial charge in [-0.15, -0.1) is 0 Å². The van der Waals surface area contributed by atoms with Crippen molar-refractivity contribution in [2.45, 2.75) is 38.0 Å². The van der Waals surface area contributed by atoms with Crippen LogP contribution in [0.5, 0.6) is 5.75 Å². The van der Waals surface area contributed by atoms with Crippen LogP contribution in [-0.2, 0) is 6.61 Å². The molecule has 0 radical (unpaired) electrons. The maximum absolute atomic E-state index is 10.6. The minimum absolute atomic E-state index is 0.407. The fraction of sp³-hybridized carbons (Fsp3) is 0.333. The summed E-state index contributed by atoms with van der Waals surface area (Å²) >= 11 is 0. The first kappa shape index (κ1) is 20.1. The van der Waals surface area contributed by atoms with Gasteiger partial charge in [0.15, 0.2) is 0 Å². The molecule has 0 unspecified atom stereocenters. The molecule has 0 aliphatic carbocycles. The number of aliphatic hydroxyl groups excluding tert-OH is 1. The maximum atomic E-state index is 10.6. The minimum atomic E-state index is -0.407. The number of fused-ring (bicyclic) bond motifs is 2. The molecule has 5 rings (SSSR count). The Labute approximate surface area is 184 Å². The summed E-state index contributed by atoms with van der Waals surface area (Å²) in [6.07, 6.45) is 2.75. The lowest BCUT2D eigenvalue weighted by molar-refractivity contribution is 0.138. The molecule has 3 aromatic carbocycles. The van der Waals surface area contributed by atoms with Crippen LogP contribution in [0.4, 0.5) is 11.4 Å². The van der Waals surface area contributed by atoms with Crippen LogP contribution in [0.3, 0.4) is 0 Å². The molecule has 2 aliphatic heterocycles. The molecule has 2 atom stereocenters. The van der Waals surface area contributed by atoms with E-state index in [2.05, 4.69) is 52.3 Å². The van der Waals surface area contributed by atoms with Crippen molar-refractivity contribution in [3.05, 3.63) is 90.0 Å². The third-order valence-electron chi connectivity index (χ3n) is 6.59. The van der Waals surface area contributed by atoms with Gasteiger partial charge in [-0.05, 0) is 49.6 Å². The smallest absolute Gasteiger partial charge is 0.143 e. The lowest BCUT2D eigenvalue weighted by atomic mass is 10.1. The number of likely N-dealkylation sites (tertiary alicyclic amines) is 1. The summed E-state index contributed by atoms with van der Waals surface area (Å²) in [5, 5.41) is 10.6. The molecular weight excluding hydrogens is 384 g/mol. The summed E-state index contributed by atoms with van der Waals surface area (Å²) in [4.78, 5) is 5.00. The van der Waals surface area contributed by atoms with Gasteiger partial charge in [0, 0.05) is 30.4 Å². The average Bonchev–Trinajstić information content (AvgIpc) is 3.21. The first-order valence-electron chi connectivity index (χ1n) is 11.3. The van der Waals surface area contributed by atoms with Crippen LogP contribution in [-0.4, -0.2) is 35.7 Å². The second kappa shape index (κ2) is 9.13. The van der Waals surface area contributed by atoms with E-state index in [9.17, 15) is 5.11 Å². The number of nitrogens with zero attached hydrogens (tertiary/aromatic N) is 2. The van der Waals surface area contributed by atoms with Gasteiger partial charge in [0.25, 0.3) is 0 Å². The second-order valence-corrected chi connectivity index (χ2v) is 8.54. The van der Waals surface area contributed by atoms with Crippen LogP contribution in [0.2, 0.25) is 0 Å². The summed E-state index contributed by atoms with van der Waals surface area (Å²) in [7, 11) is 0. The van der Waals surface area contributed by atoms with Crippen molar-refractivity contribution in [3.63, 3.8) is 0 Å². The van der Waals surface area contributed by atoms with Crippen LogP contribution >= 0.6 is 0 Å². The van der Waals surface area contributed by atoms with Crippen molar-refractivity contribution in [1.82, 2.24) is 4.90 Å². The molecule has 0 bridgehead atoms. The van der Waals surface area contributed by atoms with Crippen molar-refractivity contribution in [2.24, 2.45) is 0 Å². The Bertz CT molecular complexity index is 959. The zero-order valence-corrected chi connectivity index (χ0v) is 17.9. The number of aliphatic hydroxyl groups is 1. The number of benzene rings is 3. The molecule has 4 nitrogen and oxygen atoms in total. The van der Waals surface area contributed by atoms with E-state index in [-0.39, 0.29) is 0 Å². The topological polar surface area (TPSA) is 35.9 Å². The molecular formula is C27H30N2O2. The maximum Gasteiger partial charge on any atom is 0.143 e. The van der Waals surface area contributed by atoms with Crippen LogP contribution in [0.25, 0.3) is 0 Å². The second-order valence-electron chi connectivity index (χ2n) is 8.54. The number of hydrogen-bond acceptors (Lipinski definition) is 4. The van der Waals surface area contributed by atoms with Crippen molar-refractivity contribution in [1.29, 1.82) is 0 Å². The first-order chi connectivity index (χ1) is 15.3. The van der Waals surface area contributed by atoms with E-state index < -0.39 is 6.10 Å². The fourth-order valence-electron chi connectivity index (χ4n) is 4.92. The standard InChI is InChI=1S/C27H30N2O2/c30-26(21-9-2-1-3-10-21)16-18-28-17-8-12-23(28)19-29-24-13-5-4-11-22(24)20-31-27-15-7-6-14-25(27)29/h1-7,9-11,13-15,23,26,30H,8,12,16-20H2/t23-,26+/m1/s1. The Morgan fingerprint density at radius 1 is 0.903 bits per heavy atom. The lowest BCUT2D eigenvalue weighted by Crippen LogP contribution is -2.39. The number of ether oxygens (including phenoxy) is 1. The summed E-state index contributed by atoms with van der Waals surface area (Å²) < 4.78 is 6.14. The zero-order chi connectivity index (χ0) is 21.0. The Hall–Kier alpha value is -2.82. The summed E-state index contributed by atoms with van der Waals surface area (Å²) in [6, 6.07) is 27.4. The normalized spacial score (nSPS) is 19.3. The van der Waals surface area contributed by atoms with Crippen LogP contribution < -0.4 is 9.64 Å². The molecule has 0 amide bonds. The molecule has 1 N–H and O–H groups in total. The van der Waals surface area contributed by atoms with E-state index in [0.717, 1.165) is 43.1 Å². The average molecular weight is 415 g/mol. The highest BCUT2D eigenvalue weighted by Crippen LogP contribution is 2.40.